The minimum absolute atomic E-state index is 0.119. The quantitative estimate of drug-likeness (QED) is 0.781. The van der Waals surface area contributed by atoms with Crippen molar-refractivity contribution in [3.63, 3.8) is 0 Å². The molecule has 0 aromatic carbocycles. The van der Waals surface area contributed by atoms with E-state index in [1.165, 1.54) is 11.3 Å². The molecule has 2 rings (SSSR count). The summed E-state index contributed by atoms with van der Waals surface area (Å²) in [7, 11) is 0. The molecule has 15 heavy (non-hydrogen) atoms. The van der Waals surface area contributed by atoms with Crippen LogP contribution in [0.4, 0.5) is 0 Å². The second-order valence-corrected chi connectivity index (χ2v) is 6.36. The van der Waals surface area contributed by atoms with Crippen molar-refractivity contribution in [3.05, 3.63) is 20.8 Å². The summed E-state index contributed by atoms with van der Waals surface area (Å²) in [5.74, 6) is 0.628. The monoisotopic (exact) mass is 307 g/mol. The van der Waals surface area contributed by atoms with Gasteiger partial charge in [-0.15, -0.1) is 22.9 Å². The Bertz CT molecular complexity index is 364. The molecule has 0 bridgehead atoms. The van der Waals surface area contributed by atoms with E-state index in [1.54, 1.807) is 0 Å². The third-order valence-electron chi connectivity index (χ3n) is 2.36. The fourth-order valence-corrected chi connectivity index (χ4v) is 3.02. The zero-order valence-electron chi connectivity index (χ0n) is 8.08. The minimum atomic E-state index is 0.119. The Balaban J connectivity index is 2.10. The van der Waals surface area contributed by atoms with Gasteiger partial charge in [-0.05, 0) is 40.9 Å². The number of hydrogen-bond donors (Lipinski definition) is 0. The van der Waals surface area contributed by atoms with Gasteiger partial charge >= 0.3 is 0 Å². The zero-order valence-corrected chi connectivity index (χ0v) is 11.2. The zero-order chi connectivity index (χ0) is 10.8. The van der Waals surface area contributed by atoms with Gasteiger partial charge in [-0.1, -0.05) is 0 Å². The first kappa shape index (κ1) is 11.4. The lowest BCUT2D eigenvalue weighted by atomic mass is 10.4. The predicted molar refractivity (Wildman–Crippen MR) is 66.8 cm³/mol. The van der Waals surface area contributed by atoms with Gasteiger partial charge in [-0.25, -0.2) is 0 Å². The number of halogens is 2. The van der Waals surface area contributed by atoms with E-state index in [4.69, 9.17) is 11.6 Å². The highest BCUT2D eigenvalue weighted by Gasteiger charge is 2.32. The molecule has 0 unspecified atom stereocenters. The number of carbonyl (C=O) groups is 1. The molecule has 82 valence electrons. The number of carbonyl (C=O) groups excluding carboxylic acids is 1. The summed E-state index contributed by atoms with van der Waals surface area (Å²) in [6.45, 7) is 0.653. The first-order valence-corrected chi connectivity index (χ1v) is 6.99. The second-order valence-electron chi connectivity index (χ2n) is 3.52. The maximum Gasteiger partial charge on any atom is 0.264 e. The van der Waals surface area contributed by atoms with Crippen LogP contribution >= 0.6 is 38.9 Å². The molecule has 1 fully saturated rings. The lowest BCUT2D eigenvalue weighted by Crippen LogP contribution is -2.34. The smallest absolute Gasteiger partial charge is 0.264 e. The van der Waals surface area contributed by atoms with Crippen molar-refractivity contribution < 1.29 is 4.79 Å². The lowest BCUT2D eigenvalue weighted by Gasteiger charge is -2.20. The van der Waals surface area contributed by atoms with Crippen LogP contribution in [-0.2, 0) is 0 Å². The Hall–Kier alpha value is -0.0600. The number of rotatable bonds is 4. The molecule has 0 N–H and O–H groups in total. The Morgan fingerprint density at radius 1 is 1.60 bits per heavy atom. The average molecular weight is 309 g/mol. The van der Waals surface area contributed by atoms with Gasteiger partial charge in [0.1, 0.15) is 0 Å². The average Bonchev–Trinajstić information content (AvgIpc) is 2.96. The van der Waals surface area contributed by atoms with Gasteiger partial charge in [-0.2, -0.15) is 0 Å². The van der Waals surface area contributed by atoms with E-state index in [-0.39, 0.29) is 5.91 Å². The van der Waals surface area contributed by atoms with E-state index < -0.39 is 0 Å². The van der Waals surface area contributed by atoms with E-state index in [1.807, 2.05) is 17.0 Å². The van der Waals surface area contributed by atoms with Crippen LogP contribution in [0.15, 0.2) is 15.9 Å². The summed E-state index contributed by atoms with van der Waals surface area (Å²) in [5.41, 5.74) is 0. The lowest BCUT2D eigenvalue weighted by molar-refractivity contribution is 0.0758. The Morgan fingerprint density at radius 2 is 2.33 bits per heavy atom. The van der Waals surface area contributed by atoms with E-state index in [2.05, 4.69) is 15.9 Å². The molecule has 1 amide bonds. The van der Waals surface area contributed by atoms with Crippen molar-refractivity contribution in [3.8, 4) is 0 Å². The van der Waals surface area contributed by atoms with Crippen LogP contribution in [0.25, 0.3) is 0 Å². The van der Waals surface area contributed by atoms with Crippen LogP contribution in [0.2, 0.25) is 0 Å². The molecule has 1 saturated carbocycles. The van der Waals surface area contributed by atoms with E-state index >= 15 is 0 Å². The van der Waals surface area contributed by atoms with Gasteiger partial charge in [0, 0.05) is 18.5 Å². The van der Waals surface area contributed by atoms with Crippen molar-refractivity contribution in [1.29, 1.82) is 0 Å². The van der Waals surface area contributed by atoms with Crippen LogP contribution < -0.4 is 0 Å². The molecular weight excluding hydrogens is 298 g/mol. The van der Waals surface area contributed by atoms with E-state index in [0.717, 1.165) is 21.5 Å². The van der Waals surface area contributed by atoms with Crippen LogP contribution in [-0.4, -0.2) is 29.3 Å². The van der Waals surface area contributed by atoms with Gasteiger partial charge in [0.2, 0.25) is 0 Å². The molecule has 1 aliphatic carbocycles. The van der Waals surface area contributed by atoms with Crippen LogP contribution in [0, 0.1) is 0 Å². The molecule has 1 aliphatic rings. The van der Waals surface area contributed by atoms with Gasteiger partial charge in [0.25, 0.3) is 5.91 Å². The molecule has 1 aromatic heterocycles. The van der Waals surface area contributed by atoms with Crippen LogP contribution in [0.5, 0.6) is 0 Å². The van der Waals surface area contributed by atoms with E-state index in [9.17, 15) is 4.79 Å². The first-order valence-electron chi connectivity index (χ1n) is 4.84. The Kier molecular flexibility index (Phi) is 3.69. The summed E-state index contributed by atoms with van der Waals surface area (Å²) in [6.07, 6.45) is 2.24. The Labute approximate surface area is 106 Å². The van der Waals surface area contributed by atoms with Gasteiger partial charge in [-0.3, -0.25) is 4.79 Å². The third kappa shape index (κ3) is 2.74. The SMILES string of the molecule is O=C(c1ccc(Br)s1)N(CCCl)C1CC1. The number of nitrogens with zero attached hydrogens (tertiary/aromatic N) is 1. The predicted octanol–water partition coefficient (Wildman–Crippen LogP) is 3.35. The van der Waals surface area contributed by atoms with E-state index in [0.29, 0.717) is 18.5 Å². The topological polar surface area (TPSA) is 20.3 Å². The molecule has 0 saturated heterocycles. The number of hydrogen-bond acceptors (Lipinski definition) is 2. The van der Waals surface area contributed by atoms with Crippen molar-refractivity contribution in [1.82, 2.24) is 4.90 Å². The summed E-state index contributed by atoms with van der Waals surface area (Å²) < 4.78 is 0.993. The number of amides is 1. The second kappa shape index (κ2) is 4.85. The minimum Gasteiger partial charge on any atom is -0.334 e. The van der Waals surface area contributed by atoms with Crippen molar-refractivity contribution in [2.45, 2.75) is 18.9 Å². The van der Waals surface area contributed by atoms with Gasteiger partial charge < -0.3 is 4.90 Å². The summed E-state index contributed by atoms with van der Waals surface area (Å²) in [6, 6.07) is 4.20. The fraction of sp³-hybridized carbons (Fsp3) is 0.500. The molecule has 0 atom stereocenters. The Morgan fingerprint density at radius 3 is 2.80 bits per heavy atom. The standard InChI is InChI=1S/C10H11BrClNOS/c11-9-4-3-8(15-9)10(14)13(6-5-12)7-1-2-7/h3-4,7H,1-2,5-6H2. The highest BCUT2D eigenvalue weighted by molar-refractivity contribution is 9.11. The largest absolute Gasteiger partial charge is 0.334 e. The normalized spacial score (nSPS) is 15.3. The summed E-state index contributed by atoms with van der Waals surface area (Å²) in [4.78, 5) is 14.8. The first-order chi connectivity index (χ1) is 7.22. The molecule has 1 aromatic rings. The number of thiophene rings is 1. The van der Waals surface area contributed by atoms with Crippen molar-refractivity contribution in [2.75, 3.05) is 12.4 Å². The maximum absolute atomic E-state index is 12.1. The maximum atomic E-state index is 12.1. The fourth-order valence-electron chi connectivity index (χ4n) is 1.50. The molecule has 0 spiro atoms. The highest BCUT2D eigenvalue weighted by atomic mass is 79.9. The highest BCUT2D eigenvalue weighted by Crippen LogP contribution is 2.30. The van der Waals surface area contributed by atoms with Crippen LogP contribution in [0.3, 0.4) is 0 Å². The number of alkyl halides is 1. The van der Waals surface area contributed by atoms with Gasteiger partial charge in [0.15, 0.2) is 0 Å². The molecule has 5 heteroatoms. The summed E-state index contributed by atoms with van der Waals surface area (Å²) >= 11 is 10.5. The van der Waals surface area contributed by atoms with Crippen molar-refractivity contribution >= 4 is 44.8 Å². The molecule has 0 radical (unpaired) electrons. The molecule has 0 aliphatic heterocycles. The molecular formula is C10H11BrClNOS. The molecule has 2 nitrogen and oxygen atoms in total. The van der Waals surface area contributed by atoms with Gasteiger partial charge in [0.05, 0.1) is 8.66 Å². The molecule has 1 heterocycles. The van der Waals surface area contributed by atoms with Crippen molar-refractivity contribution in [2.24, 2.45) is 0 Å². The summed E-state index contributed by atoms with van der Waals surface area (Å²) in [5, 5.41) is 0. The van der Waals surface area contributed by atoms with Crippen LogP contribution in [0.1, 0.15) is 22.5 Å². The third-order valence-corrected chi connectivity index (χ3v) is 4.14.